The van der Waals surface area contributed by atoms with E-state index in [9.17, 15) is 9.90 Å². The van der Waals surface area contributed by atoms with Crippen molar-refractivity contribution < 1.29 is 14.6 Å². The number of ketones is 1. The Morgan fingerprint density at radius 1 is 0.957 bits per heavy atom. The van der Waals surface area contributed by atoms with Crippen molar-refractivity contribution in [3.05, 3.63) is 23.8 Å². The van der Waals surface area contributed by atoms with Gasteiger partial charge in [0.2, 0.25) is 0 Å². The largest absolute Gasteiger partial charge is 0.507 e. The summed E-state index contributed by atoms with van der Waals surface area (Å²) in [5.41, 5.74) is 0.416. The second-order valence-corrected chi connectivity index (χ2v) is 6.18. The summed E-state index contributed by atoms with van der Waals surface area (Å²) in [6.45, 7) is 4.96. The monoisotopic (exact) mass is 320 g/mol. The molecule has 3 nitrogen and oxygen atoms in total. The highest BCUT2D eigenvalue weighted by Crippen LogP contribution is 2.25. The predicted octanol–water partition coefficient (Wildman–Crippen LogP) is 5.89. The Morgan fingerprint density at radius 3 is 2.26 bits per heavy atom. The van der Waals surface area contributed by atoms with Crippen molar-refractivity contribution in [2.75, 3.05) is 6.61 Å². The number of carbonyl (C=O) groups excluding carboxylic acids is 1. The van der Waals surface area contributed by atoms with Crippen LogP contribution >= 0.6 is 0 Å². The zero-order valence-electron chi connectivity index (χ0n) is 14.8. The molecule has 0 aliphatic heterocycles. The SMILES string of the molecule is CCCCCCCCCC(=O)c1ccc(OCCCC)cc1O. The molecule has 0 aliphatic rings. The second kappa shape index (κ2) is 12.0. The quantitative estimate of drug-likeness (QED) is 0.364. The van der Waals surface area contributed by atoms with Crippen LogP contribution in [-0.2, 0) is 0 Å². The van der Waals surface area contributed by atoms with Crippen molar-refractivity contribution in [2.24, 2.45) is 0 Å². The first-order chi connectivity index (χ1) is 11.2. The van der Waals surface area contributed by atoms with Gasteiger partial charge in [-0.15, -0.1) is 0 Å². The van der Waals surface area contributed by atoms with Gasteiger partial charge in [-0.25, -0.2) is 0 Å². The van der Waals surface area contributed by atoms with Gasteiger partial charge in [0.1, 0.15) is 11.5 Å². The molecule has 1 N–H and O–H groups in total. The molecule has 3 heteroatoms. The first kappa shape index (κ1) is 19.5. The maximum absolute atomic E-state index is 12.2. The van der Waals surface area contributed by atoms with Gasteiger partial charge in [0.05, 0.1) is 12.2 Å². The van der Waals surface area contributed by atoms with Gasteiger partial charge in [-0.3, -0.25) is 4.79 Å². The molecule has 1 aromatic rings. The molecule has 0 amide bonds. The molecule has 0 aromatic heterocycles. The second-order valence-electron chi connectivity index (χ2n) is 6.18. The zero-order chi connectivity index (χ0) is 16.9. The van der Waals surface area contributed by atoms with E-state index in [0.717, 1.165) is 25.7 Å². The lowest BCUT2D eigenvalue weighted by molar-refractivity contribution is 0.0976. The van der Waals surface area contributed by atoms with Crippen LogP contribution in [0.1, 0.15) is 88.4 Å². The molecule has 1 aromatic carbocycles. The number of unbranched alkanes of at least 4 members (excludes halogenated alkanes) is 7. The summed E-state index contributed by atoms with van der Waals surface area (Å²) in [7, 11) is 0. The molecule has 0 bridgehead atoms. The van der Waals surface area contributed by atoms with Gasteiger partial charge in [-0.05, 0) is 25.0 Å². The Morgan fingerprint density at radius 2 is 1.61 bits per heavy atom. The number of phenols is 1. The van der Waals surface area contributed by atoms with Crippen LogP contribution < -0.4 is 4.74 Å². The van der Waals surface area contributed by atoms with E-state index in [1.807, 2.05) is 0 Å². The van der Waals surface area contributed by atoms with Gasteiger partial charge in [-0.2, -0.15) is 0 Å². The number of hydrogen-bond acceptors (Lipinski definition) is 3. The number of Topliss-reactive ketones (excluding diaryl/α,β-unsaturated/α-hetero) is 1. The summed E-state index contributed by atoms with van der Waals surface area (Å²) >= 11 is 0. The summed E-state index contributed by atoms with van der Waals surface area (Å²) in [6.07, 6.45) is 10.9. The standard InChI is InChI=1S/C20H32O3/c1-3-5-7-8-9-10-11-12-19(21)18-14-13-17(16-20(18)22)23-15-6-4-2/h13-14,16,22H,3-12,15H2,1-2H3. The van der Waals surface area contributed by atoms with Gasteiger partial charge >= 0.3 is 0 Å². The van der Waals surface area contributed by atoms with Crippen LogP contribution in [0.4, 0.5) is 0 Å². The van der Waals surface area contributed by atoms with Crippen LogP contribution in [0.3, 0.4) is 0 Å². The summed E-state index contributed by atoms with van der Waals surface area (Å²) in [5.74, 6) is 0.687. The Kier molecular flexibility index (Phi) is 10.2. The molecule has 130 valence electrons. The zero-order valence-corrected chi connectivity index (χ0v) is 14.8. The van der Waals surface area contributed by atoms with E-state index in [-0.39, 0.29) is 11.5 Å². The molecule has 0 saturated heterocycles. The topological polar surface area (TPSA) is 46.5 Å². The third-order valence-electron chi connectivity index (χ3n) is 4.04. The molecule has 0 atom stereocenters. The van der Waals surface area contributed by atoms with E-state index in [2.05, 4.69) is 13.8 Å². The van der Waals surface area contributed by atoms with Crippen molar-refractivity contribution in [3.63, 3.8) is 0 Å². The van der Waals surface area contributed by atoms with Crippen LogP contribution in [0.2, 0.25) is 0 Å². The molecular weight excluding hydrogens is 288 g/mol. The van der Waals surface area contributed by atoms with Gasteiger partial charge < -0.3 is 9.84 Å². The average molecular weight is 320 g/mol. The molecule has 23 heavy (non-hydrogen) atoms. The lowest BCUT2D eigenvalue weighted by atomic mass is 10.0. The third kappa shape index (κ3) is 8.06. The van der Waals surface area contributed by atoms with Crippen molar-refractivity contribution in [1.82, 2.24) is 0 Å². The molecular formula is C20H32O3. The molecule has 1 rings (SSSR count). The minimum absolute atomic E-state index is 0.0242. The number of phenolic OH excluding ortho intramolecular Hbond substituents is 1. The Hall–Kier alpha value is -1.51. The van der Waals surface area contributed by atoms with Crippen molar-refractivity contribution in [2.45, 2.75) is 78.1 Å². The van der Waals surface area contributed by atoms with E-state index in [0.29, 0.717) is 24.3 Å². The van der Waals surface area contributed by atoms with E-state index in [1.54, 1.807) is 18.2 Å². The number of aromatic hydroxyl groups is 1. The number of benzene rings is 1. The van der Waals surface area contributed by atoms with Crippen LogP contribution in [0.5, 0.6) is 11.5 Å². The van der Waals surface area contributed by atoms with Crippen LogP contribution in [0.15, 0.2) is 18.2 Å². The van der Waals surface area contributed by atoms with Crippen LogP contribution in [0, 0.1) is 0 Å². The molecule has 0 spiro atoms. The van der Waals surface area contributed by atoms with Gasteiger partial charge in [-0.1, -0.05) is 58.8 Å². The minimum Gasteiger partial charge on any atom is -0.507 e. The lowest BCUT2D eigenvalue weighted by Crippen LogP contribution is -2.01. The van der Waals surface area contributed by atoms with E-state index in [1.165, 1.54) is 32.1 Å². The highest BCUT2D eigenvalue weighted by molar-refractivity contribution is 5.98. The lowest BCUT2D eigenvalue weighted by Gasteiger charge is -2.08. The maximum atomic E-state index is 12.2. The molecule has 0 fully saturated rings. The number of carbonyl (C=O) groups is 1. The van der Waals surface area contributed by atoms with Crippen LogP contribution in [0.25, 0.3) is 0 Å². The van der Waals surface area contributed by atoms with Crippen molar-refractivity contribution >= 4 is 5.78 Å². The Bertz CT molecular complexity index is 454. The third-order valence-corrected chi connectivity index (χ3v) is 4.04. The molecule has 0 radical (unpaired) electrons. The van der Waals surface area contributed by atoms with E-state index >= 15 is 0 Å². The fraction of sp³-hybridized carbons (Fsp3) is 0.650. The number of rotatable bonds is 13. The molecule has 0 saturated carbocycles. The van der Waals surface area contributed by atoms with E-state index in [4.69, 9.17) is 4.74 Å². The Balaban J connectivity index is 2.32. The fourth-order valence-corrected chi connectivity index (χ4v) is 2.55. The van der Waals surface area contributed by atoms with E-state index < -0.39 is 0 Å². The summed E-state index contributed by atoms with van der Waals surface area (Å²) in [6, 6.07) is 5.00. The highest BCUT2D eigenvalue weighted by atomic mass is 16.5. The Labute approximate surface area is 141 Å². The normalized spacial score (nSPS) is 10.7. The summed E-state index contributed by atoms with van der Waals surface area (Å²) in [4.78, 5) is 12.2. The maximum Gasteiger partial charge on any atom is 0.166 e. The summed E-state index contributed by atoms with van der Waals surface area (Å²) < 4.78 is 5.54. The number of hydrogen-bond donors (Lipinski definition) is 1. The highest BCUT2D eigenvalue weighted by Gasteiger charge is 2.11. The van der Waals surface area contributed by atoms with Gasteiger partial charge in [0.15, 0.2) is 5.78 Å². The average Bonchev–Trinajstić information content (AvgIpc) is 2.54. The minimum atomic E-state index is 0.0242. The first-order valence-electron chi connectivity index (χ1n) is 9.18. The van der Waals surface area contributed by atoms with Gasteiger partial charge in [0, 0.05) is 12.5 Å². The number of ether oxygens (including phenoxy) is 1. The molecule has 0 unspecified atom stereocenters. The smallest absolute Gasteiger partial charge is 0.166 e. The first-order valence-corrected chi connectivity index (χ1v) is 9.18. The van der Waals surface area contributed by atoms with Crippen LogP contribution in [-0.4, -0.2) is 17.5 Å². The van der Waals surface area contributed by atoms with Crippen molar-refractivity contribution in [1.29, 1.82) is 0 Å². The fourth-order valence-electron chi connectivity index (χ4n) is 2.55. The predicted molar refractivity (Wildman–Crippen MR) is 95.5 cm³/mol. The molecule has 0 aliphatic carbocycles. The summed E-state index contributed by atoms with van der Waals surface area (Å²) in [5, 5.41) is 10.0. The molecule has 0 heterocycles. The van der Waals surface area contributed by atoms with Crippen molar-refractivity contribution in [3.8, 4) is 11.5 Å². The van der Waals surface area contributed by atoms with Gasteiger partial charge in [0.25, 0.3) is 0 Å².